The van der Waals surface area contributed by atoms with Crippen LogP contribution in [-0.2, 0) is 7.05 Å². The SMILES string of the molecule is Cc1cc2ccccc2c2c1nc(C1C=CC=CC1)n2C. The normalized spacial score (nSPS) is 17.9. The van der Waals surface area contributed by atoms with Gasteiger partial charge in [0.15, 0.2) is 0 Å². The molecule has 1 aliphatic rings. The van der Waals surface area contributed by atoms with E-state index in [-0.39, 0.29) is 0 Å². The van der Waals surface area contributed by atoms with E-state index >= 15 is 0 Å². The first kappa shape index (κ1) is 12.4. The molecule has 0 spiro atoms. The summed E-state index contributed by atoms with van der Waals surface area (Å²) in [5.41, 5.74) is 3.64. The predicted octanol–water partition coefficient (Wildman–Crippen LogP) is 4.63. The molecule has 1 unspecified atom stereocenters. The molecule has 0 saturated heterocycles. The van der Waals surface area contributed by atoms with Gasteiger partial charge in [0, 0.05) is 18.4 Å². The van der Waals surface area contributed by atoms with Gasteiger partial charge in [-0.3, -0.25) is 0 Å². The number of imidazole rings is 1. The molecule has 1 atom stereocenters. The topological polar surface area (TPSA) is 17.8 Å². The van der Waals surface area contributed by atoms with Gasteiger partial charge in [-0.25, -0.2) is 4.98 Å². The molecule has 0 bridgehead atoms. The van der Waals surface area contributed by atoms with E-state index in [1.165, 1.54) is 21.9 Å². The maximum Gasteiger partial charge on any atom is 0.116 e. The maximum atomic E-state index is 4.96. The van der Waals surface area contributed by atoms with Gasteiger partial charge >= 0.3 is 0 Å². The summed E-state index contributed by atoms with van der Waals surface area (Å²) in [6.45, 7) is 2.15. The highest BCUT2D eigenvalue weighted by Crippen LogP contribution is 2.32. The average molecular weight is 274 g/mol. The van der Waals surface area contributed by atoms with Gasteiger partial charge in [-0.15, -0.1) is 0 Å². The molecule has 3 aromatic rings. The predicted molar refractivity (Wildman–Crippen MR) is 88.6 cm³/mol. The lowest BCUT2D eigenvalue weighted by molar-refractivity contribution is 0.724. The van der Waals surface area contributed by atoms with Crippen LogP contribution in [0.2, 0.25) is 0 Å². The van der Waals surface area contributed by atoms with Crippen LogP contribution >= 0.6 is 0 Å². The minimum absolute atomic E-state index is 0.380. The van der Waals surface area contributed by atoms with Gasteiger partial charge in [0.2, 0.25) is 0 Å². The molecule has 1 aliphatic carbocycles. The van der Waals surface area contributed by atoms with E-state index in [4.69, 9.17) is 4.98 Å². The van der Waals surface area contributed by atoms with Gasteiger partial charge in [0.05, 0.1) is 11.0 Å². The Morgan fingerprint density at radius 1 is 1.19 bits per heavy atom. The molecule has 4 rings (SSSR count). The highest BCUT2D eigenvalue weighted by molar-refractivity contribution is 6.06. The van der Waals surface area contributed by atoms with E-state index < -0.39 is 0 Å². The first-order valence-electron chi connectivity index (χ1n) is 7.43. The first-order valence-corrected chi connectivity index (χ1v) is 7.43. The van der Waals surface area contributed by atoms with Gasteiger partial charge in [0.25, 0.3) is 0 Å². The lowest BCUT2D eigenvalue weighted by atomic mass is 10.0. The largest absolute Gasteiger partial charge is 0.330 e. The fourth-order valence-electron chi connectivity index (χ4n) is 3.34. The zero-order valence-electron chi connectivity index (χ0n) is 12.4. The van der Waals surface area contributed by atoms with Crippen molar-refractivity contribution in [2.24, 2.45) is 7.05 Å². The second-order valence-corrected chi connectivity index (χ2v) is 5.80. The zero-order chi connectivity index (χ0) is 14.4. The van der Waals surface area contributed by atoms with Crippen LogP contribution in [-0.4, -0.2) is 9.55 Å². The van der Waals surface area contributed by atoms with Gasteiger partial charge < -0.3 is 4.57 Å². The number of aryl methyl sites for hydroxylation is 2. The minimum atomic E-state index is 0.380. The van der Waals surface area contributed by atoms with Crippen LogP contribution in [0.5, 0.6) is 0 Å². The second-order valence-electron chi connectivity index (χ2n) is 5.80. The molecule has 2 aromatic carbocycles. The first-order chi connectivity index (χ1) is 10.3. The third-order valence-corrected chi connectivity index (χ3v) is 4.40. The van der Waals surface area contributed by atoms with Crippen molar-refractivity contribution in [3.63, 3.8) is 0 Å². The molecule has 0 fully saturated rings. The Morgan fingerprint density at radius 2 is 2.05 bits per heavy atom. The zero-order valence-corrected chi connectivity index (χ0v) is 12.4. The summed E-state index contributed by atoms with van der Waals surface area (Å²) in [5.74, 6) is 1.54. The van der Waals surface area contributed by atoms with Crippen molar-refractivity contribution < 1.29 is 0 Å². The standard InChI is InChI=1S/C19H18N2/c1-13-12-15-10-6-7-11-16(15)18-17(13)20-19(21(18)2)14-8-4-3-5-9-14/h3-8,10-12,14H,9H2,1-2H3. The van der Waals surface area contributed by atoms with Gasteiger partial charge in [-0.2, -0.15) is 0 Å². The minimum Gasteiger partial charge on any atom is -0.330 e. The molecular formula is C19H18N2. The van der Waals surface area contributed by atoms with Crippen LogP contribution in [0.3, 0.4) is 0 Å². The van der Waals surface area contributed by atoms with E-state index in [1.54, 1.807) is 0 Å². The number of fused-ring (bicyclic) bond motifs is 3. The Bertz CT molecular complexity index is 897. The molecule has 0 N–H and O–H groups in total. The Morgan fingerprint density at radius 3 is 2.86 bits per heavy atom. The van der Waals surface area contributed by atoms with Crippen molar-refractivity contribution >= 4 is 21.8 Å². The van der Waals surface area contributed by atoms with Crippen molar-refractivity contribution in [2.75, 3.05) is 0 Å². The quantitative estimate of drug-likeness (QED) is 0.632. The third kappa shape index (κ3) is 1.83. The molecular weight excluding hydrogens is 256 g/mol. The Labute approximate surface area is 124 Å². The molecule has 21 heavy (non-hydrogen) atoms. The Kier molecular flexibility index (Phi) is 2.71. The van der Waals surface area contributed by atoms with Crippen LogP contribution < -0.4 is 0 Å². The van der Waals surface area contributed by atoms with Crippen LogP contribution in [0.15, 0.2) is 54.6 Å². The Balaban J connectivity index is 2.05. The molecule has 2 nitrogen and oxygen atoms in total. The smallest absolute Gasteiger partial charge is 0.116 e. The Hall–Kier alpha value is -2.35. The summed E-state index contributed by atoms with van der Waals surface area (Å²) in [6, 6.07) is 10.8. The highest BCUT2D eigenvalue weighted by atomic mass is 15.1. The summed E-state index contributed by atoms with van der Waals surface area (Å²) >= 11 is 0. The monoisotopic (exact) mass is 274 g/mol. The number of benzene rings is 2. The van der Waals surface area contributed by atoms with E-state index in [9.17, 15) is 0 Å². The van der Waals surface area contributed by atoms with Crippen LogP contribution in [0.1, 0.15) is 23.7 Å². The van der Waals surface area contributed by atoms with E-state index in [0.717, 1.165) is 17.8 Å². The number of hydrogen-bond acceptors (Lipinski definition) is 1. The highest BCUT2D eigenvalue weighted by Gasteiger charge is 2.18. The number of hydrogen-bond donors (Lipinski definition) is 0. The fourth-order valence-corrected chi connectivity index (χ4v) is 3.34. The van der Waals surface area contributed by atoms with Gasteiger partial charge in [-0.05, 0) is 30.4 Å². The summed E-state index contributed by atoms with van der Waals surface area (Å²) in [7, 11) is 2.14. The van der Waals surface area contributed by atoms with Crippen molar-refractivity contribution in [3.8, 4) is 0 Å². The van der Waals surface area contributed by atoms with Crippen molar-refractivity contribution in [1.29, 1.82) is 0 Å². The molecule has 2 heteroatoms. The summed E-state index contributed by atoms with van der Waals surface area (Å²) in [6.07, 6.45) is 9.73. The van der Waals surface area contributed by atoms with Gasteiger partial charge in [-0.1, -0.05) is 48.6 Å². The maximum absolute atomic E-state index is 4.96. The van der Waals surface area contributed by atoms with E-state index in [1.807, 2.05) is 0 Å². The van der Waals surface area contributed by atoms with Crippen LogP contribution in [0.25, 0.3) is 21.8 Å². The van der Waals surface area contributed by atoms with E-state index in [0.29, 0.717) is 5.92 Å². The lowest BCUT2D eigenvalue weighted by Crippen LogP contribution is -2.04. The van der Waals surface area contributed by atoms with Crippen molar-refractivity contribution in [1.82, 2.24) is 9.55 Å². The molecule has 0 amide bonds. The molecule has 0 saturated carbocycles. The summed E-state index contributed by atoms with van der Waals surface area (Å²) < 4.78 is 2.28. The van der Waals surface area contributed by atoms with Gasteiger partial charge in [0.1, 0.15) is 5.82 Å². The second kappa shape index (κ2) is 4.59. The third-order valence-electron chi connectivity index (χ3n) is 4.40. The fraction of sp³-hybridized carbons (Fsp3) is 0.211. The summed E-state index contributed by atoms with van der Waals surface area (Å²) in [5, 5.41) is 2.57. The van der Waals surface area contributed by atoms with E-state index in [2.05, 4.69) is 73.2 Å². The molecule has 0 aliphatic heterocycles. The van der Waals surface area contributed by atoms with Crippen LogP contribution in [0.4, 0.5) is 0 Å². The lowest BCUT2D eigenvalue weighted by Gasteiger charge is -2.13. The molecule has 1 heterocycles. The number of nitrogens with zero attached hydrogens (tertiary/aromatic N) is 2. The number of allylic oxidation sites excluding steroid dienone is 4. The molecule has 104 valence electrons. The van der Waals surface area contributed by atoms with Crippen molar-refractivity contribution in [3.05, 3.63) is 66.0 Å². The number of aromatic nitrogens is 2. The van der Waals surface area contributed by atoms with Crippen molar-refractivity contribution in [2.45, 2.75) is 19.3 Å². The molecule has 0 radical (unpaired) electrons. The molecule has 1 aromatic heterocycles. The van der Waals surface area contributed by atoms with Crippen LogP contribution in [0, 0.1) is 6.92 Å². The summed E-state index contributed by atoms with van der Waals surface area (Å²) in [4.78, 5) is 4.96. The number of rotatable bonds is 1. The average Bonchev–Trinajstić information content (AvgIpc) is 2.87.